The van der Waals surface area contributed by atoms with Crippen LogP contribution in [-0.2, 0) is 9.47 Å². The molecule has 0 aromatic carbocycles. The third-order valence-corrected chi connectivity index (χ3v) is 2.54. The molecule has 1 atom stereocenters. The second-order valence-corrected chi connectivity index (χ2v) is 3.87. The fraction of sp³-hybridized carbons (Fsp3) is 1.00. The van der Waals surface area contributed by atoms with Crippen molar-refractivity contribution < 1.29 is 9.47 Å². The van der Waals surface area contributed by atoms with Crippen LogP contribution in [0.15, 0.2) is 0 Å². The Bertz CT molecular complexity index is 134. The molecule has 4 nitrogen and oxygen atoms in total. The van der Waals surface area contributed by atoms with Gasteiger partial charge in [-0.1, -0.05) is 0 Å². The molecule has 92 valence electrons. The number of rotatable bonds is 10. The van der Waals surface area contributed by atoms with Crippen LogP contribution in [0, 0.1) is 0 Å². The van der Waals surface area contributed by atoms with Crippen molar-refractivity contribution in [2.24, 2.45) is 0 Å². The van der Waals surface area contributed by atoms with Crippen LogP contribution >= 0.6 is 0 Å². The second-order valence-electron chi connectivity index (χ2n) is 3.87. The molecule has 0 saturated heterocycles. The van der Waals surface area contributed by atoms with Gasteiger partial charge < -0.3 is 19.7 Å². The molecule has 1 N–H and O–H groups in total. The van der Waals surface area contributed by atoms with Crippen molar-refractivity contribution in [2.75, 3.05) is 54.1 Å². The molecule has 0 heterocycles. The highest BCUT2D eigenvalue weighted by Crippen LogP contribution is 1.93. The average molecular weight is 218 g/mol. The lowest BCUT2D eigenvalue weighted by Gasteiger charge is -2.24. The summed E-state index contributed by atoms with van der Waals surface area (Å²) in [5, 5.41) is 3.41. The van der Waals surface area contributed by atoms with Crippen LogP contribution in [-0.4, -0.2) is 65.1 Å². The Hall–Kier alpha value is -0.160. The maximum absolute atomic E-state index is 5.04. The lowest BCUT2D eigenvalue weighted by molar-refractivity contribution is 0.141. The molecule has 0 aliphatic carbocycles. The maximum atomic E-state index is 5.04. The summed E-state index contributed by atoms with van der Waals surface area (Å²) >= 11 is 0. The van der Waals surface area contributed by atoms with Gasteiger partial charge in [0.15, 0.2) is 0 Å². The van der Waals surface area contributed by atoms with E-state index in [1.165, 1.54) is 0 Å². The van der Waals surface area contributed by atoms with E-state index in [4.69, 9.17) is 9.47 Å². The molecular formula is C11H26N2O2. The van der Waals surface area contributed by atoms with Gasteiger partial charge in [0.25, 0.3) is 0 Å². The molecule has 0 amide bonds. The van der Waals surface area contributed by atoms with Gasteiger partial charge in [0.2, 0.25) is 0 Å². The zero-order chi connectivity index (χ0) is 11.5. The second kappa shape index (κ2) is 10.4. The van der Waals surface area contributed by atoms with Gasteiger partial charge in [-0.3, -0.25) is 0 Å². The van der Waals surface area contributed by atoms with Gasteiger partial charge in [-0.15, -0.1) is 0 Å². The molecule has 0 aromatic rings. The summed E-state index contributed by atoms with van der Waals surface area (Å²) in [6.07, 6.45) is 1.07. The normalized spacial score (nSPS) is 13.4. The van der Waals surface area contributed by atoms with Crippen molar-refractivity contribution in [2.45, 2.75) is 19.4 Å². The lowest BCUT2D eigenvalue weighted by atomic mass is 10.3. The fourth-order valence-corrected chi connectivity index (χ4v) is 1.26. The van der Waals surface area contributed by atoms with E-state index in [9.17, 15) is 0 Å². The standard InChI is InChI=1S/C11H26N2O2/c1-11(13(2)7-9-15-4)10-12-6-5-8-14-3/h11-12H,5-10H2,1-4H3. The van der Waals surface area contributed by atoms with Crippen molar-refractivity contribution in [3.8, 4) is 0 Å². The van der Waals surface area contributed by atoms with Gasteiger partial charge in [-0.25, -0.2) is 0 Å². The van der Waals surface area contributed by atoms with E-state index in [1.807, 2.05) is 0 Å². The lowest BCUT2D eigenvalue weighted by Crippen LogP contribution is -2.39. The van der Waals surface area contributed by atoms with E-state index in [1.54, 1.807) is 14.2 Å². The van der Waals surface area contributed by atoms with Crippen LogP contribution in [0.1, 0.15) is 13.3 Å². The van der Waals surface area contributed by atoms with Crippen molar-refractivity contribution in [1.29, 1.82) is 0 Å². The predicted molar refractivity (Wildman–Crippen MR) is 63.3 cm³/mol. The van der Waals surface area contributed by atoms with E-state index in [0.717, 1.165) is 39.3 Å². The molecule has 0 aliphatic heterocycles. The van der Waals surface area contributed by atoms with Crippen LogP contribution in [0.25, 0.3) is 0 Å². The summed E-state index contributed by atoms with van der Waals surface area (Å²) in [6, 6.07) is 0.544. The fourth-order valence-electron chi connectivity index (χ4n) is 1.26. The summed E-state index contributed by atoms with van der Waals surface area (Å²) < 4.78 is 10.0. The largest absolute Gasteiger partial charge is 0.385 e. The number of hydrogen-bond acceptors (Lipinski definition) is 4. The van der Waals surface area contributed by atoms with Crippen molar-refractivity contribution >= 4 is 0 Å². The number of nitrogens with zero attached hydrogens (tertiary/aromatic N) is 1. The van der Waals surface area contributed by atoms with Gasteiger partial charge in [-0.2, -0.15) is 0 Å². The van der Waals surface area contributed by atoms with E-state index >= 15 is 0 Å². The quantitative estimate of drug-likeness (QED) is 0.544. The highest BCUT2D eigenvalue weighted by atomic mass is 16.5. The van der Waals surface area contributed by atoms with Gasteiger partial charge in [0, 0.05) is 40.0 Å². The topological polar surface area (TPSA) is 33.7 Å². The molecule has 0 aromatic heterocycles. The molecule has 1 unspecified atom stereocenters. The molecule has 0 saturated carbocycles. The molecule has 4 heteroatoms. The minimum absolute atomic E-state index is 0.544. The Labute approximate surface area is 93.9 Å². The minimum Gasteiger partial charge on any atom is -0.385 e. The molecule has 0 fully saturated rings. The van der Waals surface area contributed by atoms with Gasteiger partial charge in [0.1, 0.15) is 0 Å². The van der Waals surface area contributed by atoms with E-state index < -0.39 is 0 Å². The summed E-state index contributed by atoms with van der Waals surface area (Å²) in [4.78, 5) is 2.30. The first-order valence-electron chi connectivity index (χ1n) is 5.61. The maximum Gasteiger partial charge on any atom is 0.0589 e. The van der Waals surface area contributed by atoms with E-state index in [0.29, 0.717) is 6.04 Å². The Kier molecular flexibility index (Phi) is 10.3. The van der Waals surface area contributed by atoms with E-state index in [2.05, 4.69) is 24.2 Å². The summed E-state index contributed by atoms with van der Waals surface area (Å²) in [6.45, 7) is 6.88. The van der Waals surface area contributed by atoms with Gasteiger partial charge in [-0.05, 0) is 26.9 Å². The highest BCUT2D eigenvalue weighted by Gasteiger charge is 2.07. The van der Waals surface area contributed by atoms with Crippen LogP contribution in [0.2, 0.25) is 0 Å². The first-order valence-corrected chi connectivity index (χ1v) is 5.61. The Morgan fingerprint density at radius 1 is 1.20 bits per heavy atom. The smallest absolute Gasteiger partial charge is 0.0589 e. The molecule has 0 radical (unpaired) electrons. The summed E-state index contributed by atoms with van der Waals surface area (Å²) in [5.74, 6) is 0. The van der Waals surface area contributed by atoms with Crippen molar-refractivity contribution in [3.05, 3.63) is 0 Å². The zero-order valence-electron chi connectivity index (χ0n) is 10.6. The number of nitrogens with one attached hydrogen (secondary N) is 1. The Morgan fingerprint density at radius 2 is 1.87 bits per heavy atom. The number of likely N-dealkylation sites (N-methyl/N-ethyl adjacent to an activating group) is 1. The summed E-state index contributed by atoms with van der Waals surface area (Å²) in [7, 11) is 5.60. The first kappa shape index (κ1) is 14.8. The third kappa shape index (κ3) is 8.81. The average Bonchev–Trinajstić information content (AvgIpc) is 2.25. The highest BCUT2D eigenvalue weighted by molar-refractivity contribution is 4.65. The zero-order valence-corrected chi connectivity index (χ0v) is 10.6. The third-order valence-electron chi connectivity index (χ3n) is 2.54. The Balaban J connectivity index is 3.34. The van der Waals surface area contributed by atoms with Gasteiger partial charge >= 0.3 is 0 Å². The molecular weight excluding hydrogens is 192 g/mol. The van der Waals surface area contributed by atoms with Crippen LogP contribution in [0.5, 0.6) is 0 Å². The Morgan fingerprint density at radius 3 is 2.47 bits per heavy atom. The molecule has 0 rings (SSSR count). The van der Waals surface area contributed by atoms with Crippen LogP contribution in [0.4, 0.5) is 0 Å². The van der Waals surface area contributed by atoms with Gasteiger partial charge in [0.05, 0.1) is 6.61 Å². The number of methoxy groups -OCH3 is 2. The predicted octanol–water partition coefficient (Wildman–Crippen LogP) is 0.579. The summed E-state index contributed by atoms with van der Waals surface area (Å²) in [5.41, 5.74) is 0. The molecule has 0 spiro atoms. The van der Waals surface area contributed by atoms with Crippen LogP contribution < -0.4 is 5.32 Å². The molecule has 0 bridgehead atoms. The number of hydrogen-bond donors (Lipinski definition) is 1. The monoisotopic (exact) mass is 218 g/mol. The molecule has 15 heavy (non-hydrogen) atoms. The SMILES string of the molecule is COCCCNCC(C)N(C)CCOC. The van der Waals surface area contributed by atoms with Crippen LogP contribution in [0.3, 0.4) is 0 Å². The minimum atomic E-state index is 0.544. The number of ether oxygens (including phenoxy) is 2. The molecule has 0 aliphatic rings. The van der Waals surface area contributed by atoms with Crippen molar-refractivity contribution in [1.82, 2.24) is 10.2 Å². The van der Waals surface area contributed by atoms with E-state index in [-0.39, 0.29) is 0 Å². The van der Waals surface area contributed by atoms with Crippen molar-refractivity contribution in [3.63, 3.8) is 0 Å². The first-order chi connectivity index (χ1) is 7.22.